The molecule has 1 atom stereocenters. The van der Waals surface area contributed by atoms with Crippen LogP contribution in [0.1, 0.15) is 43.6 Å². The van der Waals surface area contributed by atoms with Crippen LogP contribution in [0.5, 0.6) is 5.75 Å². The maximum Gasteiger partial charge on any atom is 0.260 e. The third-order valence-corrected chi connectivity index (χ3v) is 4.58. The Morgan fingerprint density at radius 3 is 2.74 bits per heavy atom. The number of carbonyl (C=O) groups excluding carboxylic acids is 1. The highest BCUT2D eigenvalue weighted by molar-refractivity contribution is 5.80. The standard InChI is InChI=1S/C21H26N4O2/c1-14(2)18-9-8-17(13-15(18)3)27-16(4)21(26)22-11-10-20-24-23-19-7-5-6-12-25(19)20/h5-9,12-14,16H,10-11H2,1-4H3,(H,22,26)/t16-/m1/s1. The van der Waals surface area contributed by atoms with E-state index >= 15 is 0 Å². The monoisotopic (exact) mass is 366 g/mol. The third kappa shape index (κ3) is 4.45. The Morgan fingerprint density at radius 2 is 2.00 bits per heavy atom. The quantitative estimate of drug-likeness (QED) is 0.697. The van der Waals surface area contributed by atoms with Gasteiger partial charge in [0.15, 0.2) is 11.8 Å². The maximum absolute atomic E-state index is 12.3. The lowest BCUT2D eigenvalue weighted by atomic mass is 9.98. The molecule has 0 saturated heterocycles. The summed E-state index contributed by atoms with van der Waals surface area (Å²) in [5, 5.41) is 11.2. The minimum absolute atomic E-state index is 0.144. The molecule has 6 nitrogen and oxygen atoms in total. The van der Waals surface area contributed by atoms with Gasteiger partial charge in [-0.3, -0.25) is 9.20 Å². The summed E-state index contributed by atoms with van der Waals surface area (Å²) in [6.45, 7) is 8.63. The van der Waals surface area contributed by atoms with E-state index in [2.05, 4.69) is 42.4 Å². The van der Waals surface area contributed by atoms with Gasteiger partial charge in [-0.15, -0.1) is 10.2 Å². The number of hydrogen-bond donors (Lipinski definition) is 1. The Bertz CT molecular complexity index is 933. The predicted molar refractivity (Wildman–Crippen MR) is 105 cm³/mol. The SMILES string of the molecule is Cc1cc(O[C@H](C)C(=O)NCCc2nnc3ccccn23)ccc1C(C)C. The first-order chi connectivity index (χ1) is 13.0. The van der Waals surface area contributed by atoms with Crippen molar-refractivity contribution in [3.8, 4) is 5.75 Å². The lowest BCUT2D eigenvalue weighted by Crippen LogP contribution is -2.37. The van der Waals surface area contributed by atoms with Crippen molar-refractivity contribution in [1.29, 1.82) is 0 Å². The summed E-state index contributed by atoms with van der Waals surface area (Å²) in [5.74, 6) is 1.85. The number of nitrogens with zero attached hydrogens (tertiary/aromatic N) is 3. The highest BCUT2D eigenvalue weighted by atomic mass is 16.5. The molecular formula is C21H26N4O2. The molecule has 6 heteroatoms. The summed E-state index contributed by atoms with van der Waals surface area (Å²) in [6.07, 6.45) is 1.96. The van der Waals surface area contributed by atoms with Crippen LogP contribution in [-0.4, -0.2) is 33.2 Å². The molecule has 1 amide bonds. The van der Waals surface area contributed by atoms with E-state index in [0.717, 1.165) is 11.5 Å². The first kappa shape index (κ1) is 18.9. The van der Waals surface area contributed by atoms with Crippen molar-refractivity contribution in [2.24, 2.45) is 0 Å². The number of pyridine rings is 1. The van der Waals surface area contributed by atoms with Crippen molar-refractivity contribution in [2.45, 2.75) is 46.1 Å². The minimum Gasteiger partial charge on any atom is -0.481 e. The van der Waals surface area contributed by atoms with Gasteiger partial charge in [0, 0.05) is 19.2 Å². The minimum atomic E-state index is -0.565. The second-order valence-corrected chi connectivity index (χ2v) is 7.02. The fourth-order valence-electron chi connectivity index (χ4n) is 3.13. The van der Waals surface area contributed by atoms with Gasteiger partial charge >= 0.3 is 0 Å². The zero-order chi connectivity index (χ0) is 19.4. The van der Waals surface area contributed by atoms with E-state index < -0.39 is 6.10 Å². The van der Waals surface area contributed by atoms with Crippen molar-refractivity contribution in [2.75, 3.05) is 6.54 Å². The first-order valence-electron chi connectivity index (χ1n) is 9.29. The van der Waals surface area contributed by atoms with Crippen LogP contribution in [0, 0.1) is 6.92 Å². The van der Waals surface area contributed by atoms with Crippen molar-refractivity contribution in [3.05, 3.63) is 59.5 Å². The van der Waals surface area contributed by atoms with Crippen LogP contribution in [0.3, 0.4) is 0 Å². The smallest absolute Gasteiger partial charge is 0.260 e. The van der Waals surface area contributed by atoms with Crippen molar-refractivity contribution in [3.63, 3.8) is 0 Å². The third-order valence-electron chi connectivity index (χ3n) is 4.58. The molecule has 0 unspecified atom stereocenters. The van der Waals surface area contributed by atoms with Crippen LogP contribution < -0.4 is 10.1 Å². The van der Waals surface area contributed by atoms with E-state index in [4.69, 9.17) is 4.74 Å². The Labute approximate surface area is 159 Å². The highest BCUT2D eigenvalue weighted by Gasteiger charge is 2.15. The van der Waals surface area contributed by atoms with E-state index in [1.54, 1.807) is 6.92 Å². The Balaban J connectivity index is 1.53. The van der Waals surface area contributed by atoms with Crippen LogP contribution in [0.15, 0.2) is 42.6 Å². The molecule has 2 aromatic heterocycles. The molecule has 27 heavy (non-hydrogen) atoms. The van der Waals surface area contributed by atoms with Crippen molar-refractivity contribution < 1.29 is 9.53 Å². The number of hydrogen-bond acceptors (Lipinski definition) is 4. The summed E-state index contributed by atoms with van der Waals surface area (Å²) < 4.78 is 7.73. The van der Waals surface area contributed by atoms with Gasteiger partial charge in [-0.2, -0.15) is 0 Å². The number of benzene rings is 1. The highest BCUT2D eigenvalue weighted by Crippen LogP contribution is 2.24. The van der Waals surface area contributed by atoms with Gasteiger partial charge in [0.25, 0.3) is 5.91 Å². The van der Waals surface area contributed by atoms with Crippen LogP contribution >= 0.6 is 0 Å². The van der Waals surface area contributed by atoms with Crippen LogP contribution in [0.25, 0.3) is 5.65 Å². The fourth-order valence-corrected chi connectivity index (χ4v) is 3.13. The second kappa shape index (κ2) is 8.20. The number of rotatable bonds is 7. The predicted octanol–water partition coefficient (Wildman–Crippen LogP) is 3.29. The van der Waals surface area contributed by atoms with Gasteiger partial charge in [0.1, 0.15) is 11.6 Å². The van der Waals surface area contributed by atoms with Gasteiger partial charge in [-0.1, -0.05) is 26.0 Å². The van der Waals surface area contributed by atoms with Crippen LogP contribution in [0.4, 0.5) is 0 Å². The molecule has 2 heterocycles. The molecule has 0 aliphatic heterocycles. The number of amides is 1. The van der Waals surface area contributed by atoms with Gasteiger partial charge in [-0.25, -0.2) is 0 Å². The summed E-state index contributed by atoms with van der Waals surface area (Å²) in [6, 6.07) is 11.7. The number of carbonyl (C=O) groups is 1. The van der Waals surface area contributed by atoms with Gasteiger partial charge in [0.2, 0.25) is 0 Å². The molecule has 0 radical (unpaired) electrons. The lowest BCUT2D eigenvalue weighted by Gasteiger charge is -2.17. The van der Waals surface area contributed by atoms with Gasteiger partial charge in [-0.05, 0) is 55.2 Å². The normalized spacial score (nSPS) is 12.3. The summed E-state index contributed by atoms with van der Waals surface area (Å²) in [5.41, 5.74) is 3.27. The van der Waals surface area contributed by atoms with Crippen LogP contribution in [-0.2, 0) is 11.2 Å². The van der Waals surface area contributed by atoms with E-state index in [1.807, 2.05) is 40.9 Å². The largest absolute Gasteiger partial charge is 0.481 e. The molecular weight excluding hydrogens is 340 g/mol. The molecule has 1 N–H and O–H groups in total. The molecule has 0 bridgehead atoms. The fraction of sp³-hybridized carbons (Fsp3) is 0.381. The summed E-state index contributed by atoms with van der Waals surface area (Å²) in [7, 11) is 0. The average molecular weight is 366 g/mol. The Morgan fingerprint density at radius 1 is 1.19 bits per heavy atom. The zero-order valence-corrected chi connectivity index (χ0v) is 16.3. The first-order valence-corrected chi connectivity index (χ1v) is 9.29. The molecule has 142 valence electrons. The van der Waals surface area contributed by atoms with Crippen LogP contribution in [0.2, 0.25) is 0 Å². The average Bonchev–Trinajstić information content (AvgIpc) is 3.04. The lowest BCUT2D eigenvalue weighted by molar-refractivity contribution is -0.127. The molecule has 0 saturated carbocycles. The van der Waals surface area contributed by atoms with Crippen molar-refractivity contribution >= 4 is 11.6 Å². The number of fused-ring (bicyclic) bond motifs is 1. The molecule has 0 aliphatic carbocycles. The van der Waals surface area contributed by atoms with E-state index in [0.29, 0.717) is 24.6 Å². The van der Waals surface area contributed by atoms with E-state index in [9.17, 15) is 4.79 Å². The summed E-state index contributed by atoms with van der Waals surface area (Å²) >= 11 is 0. The Kier molecular flexibility index (Phi) is 5.74. The summed E-state index contributed by atoms with van der Waals surface area (Å²) in [4.78, 5) is 12.3. The van der Waals surface area contributed by atoms with E-state index in [1.165, 1.54) is 11.1 Å². The molecule has 3 aromatic rings. The number of nitrogens with one attached hydrogen (secondary N) is 1. The maximum atomic E-state index is 12.3. The number of aryl methyl sites for hydroxylation is 1. The molecule has 0 fully saturated rings. The molecule has 3 rings (SSSR count). The number of aromatic nitrogens is 3. The number of ether oxygens (including phenoxy) is 1. The molecule has 0 aliphatic rings. The Hall–Kier alpha value is -2.89. The molecule has 1 aromatic carbocycles. The van der Waals surface area contributed by atoms with E-state index in [-0.39, 0.29) is 5.91 Å². The van der Waals surface area contributed by atoms with Gasteiger partial charge < -0.3 is 10.1 Å². The second-order valence-electron chi connectivity index (χ2n) is 7.02. The topological polar surface area (TPSA) is 68.5 Å². The van der Waals surface area contributed by atoms with Crippen molar-refractivity contribution in [1.82, 2.24) is 19.9 Å². The van der Waals surface area contributed by atoms with Gasteiger partial charge in [0.05, 0.1) is 0 Å². The zero-order valence-electron chi connectivity index (χ0n) is 16.3. The molecule has 0 spiro atoms.